The summed E-state index contributed by atoms with van der Waals surface area (Å²) in [6.07, 6.45) is 3.88. The molecule has 3 atom stereocenters. The largest absolute Gasteiger partial charge is 0.452 e. The van der Waals surface area contributed by atoms with Gasteiger partial charge in [-0.15, -0.1) is 0 Å². The fraction of sp³-hybridized carbons (Fsp3) is 0.500. The van der Waals surface area contributed by atoms with E-state index in [0.29, 0.717) is 31.3 Å². The Morgan fingerprint density at radius 1 is 0.939 bits per heavy atom. The predicted octanol–water partition coefficient (Wildman–Crippen LogP) is 4.48. The molecule has 0 aromatic heterocycles. The summed E-state index contributed by atoms with van der Waals surface area (Å²) >= 11 is 0. The number of aliphatic hydroxyl groups is 1. The molecule has 0 saturated heterocycles. The van der Waals surface area contributed by atoms with Gasteiger partial charge in [-0.2, -0.15) is 0 Å². The lowest BCUT2D eigenvalue weighted by Crippen LogP contribution is -2.59. The van der Waals surface area contributed by atoms with Gasteiger partial charge in [-0.3, -0.25) is 9.59 Å². The van der Waals surface area contributed by atoms with Gasteiger partial charge < -0.3 is 14.7 Å². The summed E-state index contributed by atoms with van der Waals surface area (Å²) in [4.78, 5) is 28.6. The van der Waals surface area contributed by atoms with Gasteiger partial charge in [0.1, 0.15) is 0 Å². The number of carbonyl (C=O) groups excluding carboxylic acids is 2. The van der Waals surface area contributed by atoms with Gasteiger partial charge in [0.15, 0.2) is 6.10 Å². The van der Waals surface area contributed by atoms with Crippen LogP contribution in [0, 0.1) is 17.3 Å². The molecule has 174 valence electrons. The van der Waals surface area contributed by atoms with Crippen molar-refractivity contribution in [3.8, 4) is 0 Å². The SMILES string of the molecule is CC(OC(=O)C12CC3CC(CC(O)(C3)C1)C2)C(=O)N(Cc1ccccc1)Cc1ccccc1. The molecule has 4 aliphatic rings. The number of rotatable bonds is 7. The molecule has 4 fully saturated rings. The van der Waals surface area contributed by atoms with Crippen LogP contribution in [0.25, 0.3) is 0 Å². The average molecular weight is 448 g/mol. The first-order chi connectivity index (χ1) is 15.8. The van der Waals surface area contributed by atoms with E-state index in [1.807, 2.05) is 60.7 Å². The Labute approximate surface area is 195 Å². The second kappa shape index (κ2) is 8.60. The van der Waals surface area contributed by atoms with Gasteiger partial charge in [-0.1, -0.05) is 60.7 Å². The molecule has 4 aliphatic carbocycles. The van der Waals surface area contributed by atoms with Crippen LogP contribution in [0.2, 0.25) is 0 Å². The van der Waals surface area contributed by atoms with E-state index in [0.717, 1.165) is 43.2 Å². The maximum atomic E-state index is 13.5. The van der Waals surface area contributed by atoms with E-state index in [1.54, 1.807) is 11.8 Å². The smallest absolute Gasteiger partial charge is 0.312 e. The van der Waals surface area contributed by atoms with Crippen molar-refractivity contribution in [2.24, 2.45) is 17.3 Å². The summed E-state index contributed by atoms with van der Waals surface area (Å²) in [7, 11) is 0. The average Bonchev–Trinajstić information content (AvgIpc) is 2.78. The molecular weight excluding hydrogens is 414 g/mol. The Hall–Kier alpha value is -2.66. The summed E-state index contributed by atoms with van der Waals surface area (Å²) < 4.78 is 5.86. The van der Waals surface area contributed by atoms with Crippen LogP contribution >= 0.6 is 0 Å². The third-order valence-corrected chi connectivity index (χ3v) is 7.84. The molecule has 2 aromatic rings. The van der Waals surface area contributed by atoms with Crippen LogP contribution in [0.5, 0.6) is 0 Å². The lowest BCUT2D eigenvalue weighted by atomic mass is 9.48. The summed E-state index contributed by atoms with van der Waals surface area (Å²) in [6, 6.07) is 19.7. The van der Waals surface area contributed by atoms with E-state index < -0.39 is 17.1 Å². The number of hydrogen-bond donors (Lipinski definition) is 1. The zero-order valence-corrected chi connectivity index (χ0v) is 19.3. The topological polar surface area (TPSA) is 66.8 Å². The van der Waals surface area contributed by atoms with Crippen molar-refractivity contribution in [2.75, 3.05) is 0 Å². The third-order valence-electron chi connectivity index (χ3n) is 7.84. The van der Waals surface area contributed by atoms with E-state index in [1.165, 1.54) is 0 Å². The number of benzene rings is 2. The number of amides is 1. The highest BCUT2D eigenvalue weighted by molar-refractivity contribution is 5.85. The minimum absolute atomic E-state index is 0.195. The van der Waals surface area contributed by atoms with Crippen molar-refractivity contribution in [3.05, 3.63) is 71.8 Å². The molecule has 0 spiro atoms. The molecule has 0 aliphatic heterocycles. The Morgan fingerprint density at radius 2 is 1.45 bits per heavy atom. The molecular formula is C28H33NO4. The lowest BCUT2D eigenvalue weighted by Gasteiger charge is -2.58. The highest BCUT2D eigenvalue weighted by atomic mass is 16.5. The highest BCUT2D eigenvalue weighted by Gasteiger charge is 2.61. The highest BCUT2D eigenvalue weighted by Crippen LogP contribution is 2.62. The van der Waals surface area contributed by atoms with Crippen molar-refractivity contribution in [1.82, 2.24) is 4.90 Å². The first kappa shape index (κ1) is 22.1. The Bertz CT molecular complexity index is 950. The van der Waals surface area contributed by atoms with Crippen LogP contribution in [0.4, 0.5) is 0 Å². The van der Waals surface area contributed by atoms with E-state index in [9.17, 15) is 14.7 Å². The quantitative estimate of drug-likeness (QED) is 0.636. The molecule has 2 aromatic carbocycles. The summed E-state index contributed by atoms with van der Waals surface area (Å²) in [5, 5.41) is 11.0. The van der Waals surface area contributed by atoms with E-state index in [-0.39, 0.29) is 11.9 Å². The van der Waals surface area contributed by atoms with Crippen molar-refractivity contribution >= 4 is 11.9 Å². The van der Waals surface area contributed by atoms with Crippen LogP contribution in [0.3, 0.4) is 0 Å². The lowest BCUT2D eigenvalue weighted by molar-refractivity contribution is -0.200. The molecule has 5 heteroatoms. The third kappa shape index (κ3) is 4.56. The van der Waals surface area contributed by atoms with E-state index >= 15 is 0 Å². The van der Waals surface area contributed by atoms with Crippen molar-refractivity contribution in [1.29, 1.82) is 0 Å². The number of carbonyl (C=O) groups is 2. The first-order valence-corrected chi connectivity index (χ1v) is 12.1. The van der Waals surface area contributed by atoms with Gasteiger partial charge in [0.05, 0.1) is 11.0 Å². The van der Waals surface area contributed by atoms with Crippen LogP contribution in [-0.4, -0.2) is 33.6 Å². The fourth-order valence-electron chi connectivity index (χ4n) is 6.87. The molecule has 4 saturated carbocycles. The van der Waals surface area contributed by atoms with Crippen molar-refractivity contribution in [2.45, 2.75) is 70.2 Å². The van der Waals surface area contributed by atoms with Gasteiger partial charge in [0.25, 0.3) is 5.91 Å². The van der Waals surface area contributed by atoms with Gasteiger partial charge >= 0.3 is 5.97 Å². The van der Waals surface area contributed by atoms with Gasteiger partial charge in [-0.05, 0) is 68.4 Å². The second-order valence-corrected chi connectivity index (χ2v) is 10.7. The molecule has 4 bridgehead atoms. The monoisotopic (exact) mass is 447 g/mol. The fourth-order valence-corrected chi connectivity index (χ4v) is 6.87. The molecule has 0 radical (unpaired) electrons. The molecule has 3 unspecified atom stereocenters. The van der Waals surface area contributed by atoms with Crippen molar-refractivity contribution in [3.63, 3.8) is 0 Å². The molecule has 6 rings (SSSR count). The minimum Gasteiger partial charge on any atom is -0.452 e. The van der Waals surface area contributed by atoms with E-state index in [2.05, 4.69) is 0 Å². The molecule has 33 heavy (non-hydrogen) atoms. The van der Waals surface area contributed by atoms with Crippen LogP contribution in [0.15, 0.2) is 60.7 Å². The van der Waals surface area contributed by atoms with Gasteiger partial charge in [0.2, 0.25) is 0 Å². The summed E-state index contributed by atoms with van der Waals surface area (Å²) in [5.41, 5.74) is 0.701. The van der Waals surface area contributed by atoms with Crippen LogP contribution < -0.4 is 0 Å². The number of nitrogens with zero attached hydrogens (tertiary/aromatic N) is 1. The maximum Gasteiger partial charge on any atom is 0.312 e. The summed E-state index contributed by atoms with van der Waals surface area (Å²) in [5.74, 6) is 0.291. The Morgan fingerprint density at radius 3 is 1.94 bits per heavy atom. The Kier molecular flexibility index (Phi) is 5.77. The molecule has 0 heterocycles. The number of hydrogen-bond acceptors (Lipinski definition) is 4. The zero-order valence-electron chi connectivity index (χ0n) is 19.3. The molecule has 1 amide bonds. The Balaban J connectivity index is 1.31. The molecule has 5 nitrogen and oxygen atoms in total. The number of esters is 1. The van der Waals surface area contributed by atoms with Crippen LogP contribution in [0.1, 0.15) is 56.6 Å². The van der Waals surface area contributed by atoms with Crippen LogP contribution in [-0.2, 0) is 27.4 Å². The second-order valence-electron chi connectivity index (χ2n) is 10.7. The minimum atomic E-state index is -0.868. The zero-order chi connectivity index (χ0) is 23.1. The molecule has 1 N–H and O–H groups in total. The van der Waals surface area contributed by atoms with Gasteiger partial charge in [-0.25, -0.2) is 0 Å². The normalized spacial score (nSPS) is 30.6. The van der Waals surface area contributed by atoms with Crippen molar-refractivity contribution < 1.29 is 19.4 Å². The predicted molar refractivity (Wildman–Crippen MR) is 125 cm³/mol. The number of ether oxygens (including phenoxy) is 1. The van der Waals surface area contributed by atoms with Gasteiger partial charge in [0, 0.05) is 13.1 Å². The maximum absolute atomic E-state index is 13.5. The first-order valence-electron chi connectivity index (χ1n) is 12.1. The standard InChI is InChI=1S/C28H33NO4/c1-20(33-26(31)27-13-23-12-24(14-27)16-28(32,15-23)19-27)25(30)29(17-21-8-4-2-5-9-21)18-22-10-6-3-7-11-22/h2-11,20,23-24,32H,12-19H2,1H3. The van der Waals surface area contributed by atoms with E-state index in [4.69, 9.17) is 4.74 Å². The summed E-state index contributed by atoms with van der Waals surface area (Å²) in [6.45, 7) is 2.58.